The molecular weight excluding hydrogens is 378 g/mol. The van der Waals surface area contributed by atoms with Gasteiger partial charge in [-0.05, 0) is 30.9 Å². The van der Waals surface area contributed by atoms with Crippen molar-refractivity contribution in [1.82, 2.24) is 14.8 Å². The number of benzene rings is 2. The van der Waals surface area contributed by atoms with E-state index in [9.17, 15) is 4.79 Å². The summed E-state index contributed by atoms with van der Waals surface area (Å²) in [6, 6.07) is 18.0. The number of hydrogen-bond donors (Lipinski definition) is 0. The highest BCUT2D eigenvalue weighted by molar-refractivity contribution is 5.88. The standard InChI is InChI=1S/C24H29N3O3/c1-4-18-12-14-20(15-13-18)22-25-24(30-17-16-29-6-3)26-27(22)23(28)21(5-2)19-10-8-7-9-11-19/h7-15,21H,4-6,16-17H2,1-3H3. The Labute approximate surface area is 177 Å². The van der Waals surface area contributed by atoms with Crippen LogP contribution in [0.3, 0.4) is 0 Å². The molecule has 0 saturated heterocycles. The van der Waals surface area contributed by atoms with Crippen molar-refractivity contribution in [2.75, 3.05) is 19.8 Å². The minimum atomic E-state index is -0.308. The van der Waals surface area contributed by atoms with Gasteiger partial charge in [-0.25, -0.2) is 0 Å². The van der Waals surface area contributed by atoms with Gasteiger partial charge in [0.1, 0.15) is 6.61 Å². The lowest BCUT2D eigenvalue weighted by Gasteiger charge is -2.15. The molecule has 0 aliphatic carbocycles. The Balaban J connectivity index is 1.95. The highest BCUT2D eigenvalue weighted by atomic mass is 16.5. The van der Waals surface area contributed by atoms with E-state index in [1.54, 1.807) is 0 Å². The Morgan fingerprint density at radius 1 is 1.00 bits per heavy atom. The number of ether oxygens (including phenoxy) is 2. The number of aromatic nitrogens is 3. The normalized spacial score (nSPS) is 12.0. The maximum atomic E-state index is 13.5. The predicted molar refractivity (Wildman–Crippen MR) is 117 cm³/mol. The molecule has 158 valence electrons. The zero-order chi connectivity index (χ0) is 21.3. The number of hydrogen-bond acceptors (Lipinski definition) is 5. The van der Waals surface area contributed by atoms with Crippen LogP contribution in [0.1, 0.15) is 49.0 Å². The first-order valence-corrected chi connectivity index (χ1v) is 10.5. The van der Waals surface area contributed by atoms with Crippen molar-refractivity contribution < 1.29 is 14.3 Å². The van der Waals surface area contributed by atoms with Crippen LogP contribution in [-0.2, 0) is 11.2 Å². The minimum Gasteiger partial charge on any atom is -0.460 e. The van der Waals surface area contributed by atoms with E-state index in [-0.39, 0.29) is 17.8 Å². The number of rotatable bonds is 10. The summed E-state index contributed by atoms with van der Waals surface area (Å²) in [5, 5.41) is 4.40. The van der Waals surface area contributed by atoms with E-state index in [1.165, 1.54) is 10.2 Å². The van der Waals surface area contributed by atoms with Crippen LogP contribution in [0.25, 0.3) is 11.4 Å². The van der Waals surface area contributed by atoms with Gasteiger partial charge in [-0.1, -0.05) is 68.4 Å². The molecule has 2 aromatic carbocycles. The first-order chi connectivity index (χ1) is 14.7. The van der Waals surface area contributed by atoms with E-state index in [1.807, 2.05) is 68.4 Å². The van der Waals surface area contributed by atoms with Gasteiger partial charge in [0, 0.05) is 12.2 Å². The SMILES string of the molecule is CCOCCOc1nc(-c2ccc(CC)cc2)n(C(=O)C(CC)c2ccccc2)n1. The van der Waals surface area contributed by atoms with E-state index >= 15 is 0 Å². The largest absolute Gasteiger partial charge is 0.460 e. The van der Waals surface area contributed by atoms with E-state index in [0.29, 0.717) is 32.1 Å². The Morgan fingerprint density at radius 3 is 2.37 bits per heavy atom. The summed E-state index contributed by atoms with van der Waals surface area (Å²) in [5.74, 6) is 0.0618. The lowest BCUT2D eigenvalue weighted by Crippen LogP contribution is -2.22. The molecule has 3 rings (SSSR count). The molecule has 0 aliphatic rings. The van der Waals surface area contributed by atoms with Crippen LogP contribution in [-0.4, -0.2) is 40.5 Å². The summed E-state index contributed by atoms with van der Waals surface area (Å²) in [7, 11) is 0. The van der Waals surface area contributed by atoms with Crippen LogP contribution in [0.2, 0.25) is 0 Å². The molecule has 1 atom stereocenters. The van der Waals surface area contributed by atoms with Gasteiger partial charge in [-0.15, -0.1) is 5.10 Å². The Kier molecular flexibility index (Phi) is 7.74. The predicted octanol–water partition coefficient (Wildman–Crippen LogP) is 4.76. The summed E-state index contributed by atoms with van der Waals surface area (Å²) < 4.78 is 12.3. The topological polar surface area (TPSA) is 66.2 Å². The summed E-state index contributed by atoms with van der Waals surface area (Å²) in [4.78, 5) is 18.0. The van der Waals surface area contributed by atoms with Gasteiger partial charge in [-0.2, -0.15) is 9.67 Å². The van der Waals surface area contributed by atoms with Gasteiger partial charge in [0.25, 0.3) is 5.91 Å². The number of nitrogens with zero attached hydrogens (tertiary/aromatic N) is 3. The van der Waals surface area contributed by atoms with Crippen molar-refractivity contribution >= 4 is 5.91 Å². The van der Waals surface area contributed by atoms with Gasteiger partial charge in [0.05, 0.1) is 12.5 Å². The fourth-order valence-corrected chi connectivity index (χ4v) is 3.31. The molecule has 1 aromatic heterocycles. The molecule has 1 heterocycles. The molecule has 1 unspecified atom stereocenters. The molecule has 0 radical (unpaired) electrons. The maximum absolute atomic E-state index is 13.5. The highest BCUT2D eigenvalue weighted by Crippen LogP contribution is 2.26. The van der Waals surface area contributed by atoms with Crippen LogP contribution < -0.4 is 4.74 Å². The van der Waals surface area contributed by atoms with Gasteiger partial charge >= 0.3 is 6.01 Å². The summed E-state index contributed by atoms with van der Waals surface area (Å²) in [6.07, 6.45) is 1.61. The van der Waals surface area contributed by atoms with E-state index in [2.05, 4.69) is 17.0 Å². The van der Waals surface area contributed by atoms with Crippen LogP contribution in [0.5, 0.6) is 6.01 Å². The second-order valence-electron chi connectivity index (χ2n) is 6.94. The molecule has 0 N–H and O–H groups in total. The van der Waals surface area contributed by atoms with Gasteiger partial charge in [-0.3, -0.25) is 4.79 Å². The first kappa shape index (κ1) is 21.7. The third-order valence-electron chi connectivity index (χ3n) is 4.99. The van der Waals surface area contributed by atoms with E-state index in [0.717, 1.165) is 17.5 Å². The third kappa shape index (κ3) is 5.13. The Bertz CT molecular complexity index is 936. The molecule has 6 heteroatoms. The highest BCUT2D eigenvalue weighted by Gasteiger charge is 2.26. The van der Waals surface area contributed by atoms with Crippen molar-refractivity contribution in [2.24, 2.45) is 0 Å². The number of carbonyl (C=O) groups is 1. The average molecular weight is 408 g/mol. The molecule has 0 bridgehead atoms. The zero-order valence-electron chi connectivity index (χ0n) is 17.9. The quantitative estimate of drug-likeness (QED) is 0.454. The summed E-state index contributed by atoms with van der Waals surface area (Å²) >= 11 is 0. The maximum Gasteiger partial charge on any atom is 0.336 e. The van der Waals surface area contributed by atoms with Gasteiger partial charge < -0.3 is 9.47 Å². The molecule has 0 fully saturated rings. The second kappa shape index (κ2) is 10.7. The van der Waals surface area contributed by atoms with Crippen LogP contribution >= 0.6 is 0 Å². The van der Waals surface area contributed by atoms with Crippen molar-refractivity contribution in [2.45, 2.75) is 39.5 Å². The number of carbonyl (C=O) groups excluding carboxylic acids is 1. The van der Waals surface area contributed by atoms with E-state index in [4.69, 9.17) is 9.47 Å². The fourth-order valence-electron chi connectivity index (χ4n) is 3.31. The lowest BCUT2D eigenvalue weighted by molar-refractivity contribution is 0.0854. The first-order valence-electron chi connectivity index (χ1n) is 10.5. The Hall–Kier alpha value is -2.99. The molecule has 0 aliphatic heterocycles. The fraction of sp³-hybridized carbons (Fsp3) is 0.375. The minimum absolute atomic E-state index is 0.120. The van der Waals surface area contributed by atoms with Gasteiger partial charge in [0.15, 0.2) is 5.82 Å². The van der Waals surface area contributed by atoms with Crippen LogP contribution in [0.4, 0.5) is 0 Å². The molecule has 0 spiro atoms. The average Bonchev–Trinajstić information content (AvgIpc) is 3.22. The smallest absolute Gasteiger partial charge is 0.336 e. The molecular formula is C24H29N3O3. The third-order valence-corrected chi connectivity index (χ3v) is 4.99. The van der Waals surface area contributed by atoms with Crippen LogP contribution in [0, 0.1) is 0 Å². The number of aryl methyl sites for hydroxylation is 1. The summed E-state index contributed by atoms with van der Waals surface area (Å²) in [6.45, 7) is 7.43. The monoisotopic (exact) mass is 407 g/mol. The molecule has 30 heavy (non-hydrogen) atoms. The van der Waals surface area contributed by atoms with Gasteiger partial charge in [0.2, 0.25) is 0 Å². The molecule has 0 amide bonds. The lowest BCUT2D eigenvalue weighted by atomic mass is 9.95. The molecule has 3 aromatic rings. The molecule has 0 saturated carbocycles. The van der Waals surface area contributed by atoms with Crippen LogP contribution in [0.15, 0.2) is 54.6 Å². The van der Waals surface area contributed by atoms with E-state index < -0.39 is 0 Å². The van der Waals surface area contributed by atoms with Crippen molar-refractivity contribution in [3.63, 3.8) is 0 Å². The Morgan fingerprint density at radius 2 is 1.73 bits per heavy atom. The molecule has 6 nitrogen and oxygen atoms in total. The van der Waals surface area contributed by atoms with Crippen molar-refractivity contribution in [1.29, 1.82) is 0 Å². The summed E-state index contributed by atoms with van der Waals surface area (Å²) in [5.41, 5.74) is 3.02. The zero-order valence-corrected chi connectivity index (χ0v) is 17.9. The second-order valence-corrected chi connectivity index (χ2v) is 6.94. The van der Waals surface area contributed by atoms with Crippen molar-refractivity contribution in [3.8, 4) is 17.4 Å². The van der Waals surface area contributed by atoms with Crippen molar-refractivity contribution in [3.05, 3.63) is 65.7 Å².